The Labute approximate surface area is 131 Å². The van der Waals surface area contributed by atoms with Crippen LogP contribution in [0.2, 0.25) is 0 Å². The van der Waals surface area contributed by atoms with Gasteiger partial charge in [0, 0.05) is 36.9 Å². The highest BCUT2D eigenvalue weighted by molar-refractivity contribution is 6.05. The van der Waals surface area contributed by atoms with E-state index in [0.717, 1.165) is 0 Å². The molecule has 0 fully saturated rings. The average Bonchev–Trinajstić information content (AvgIpc) is 2.55. The number of pyridine rings is 1. The van der Waals surface area contributed by atoms with E-state index in [1.165, 1.54) is 13.1 Å². The van der Waals surface area contributed by atoms with Crippen LogP contribution in [0, 0.1) is 0 Å². The minimum Gasteiger partial charge on any atom is -0.326 e. The molecule has 23 heavy (non-hydrogen) atoms. The summed E-state index contributed by atoms with van der Waals surface area (Å²) in [6.45, 7) is 1.44. The first-order chi connectivity index (χ1) is 11.1. The van der Waals surface area contributed by atoms with Crippen molar-refractivity contribution in [3.63, 3.8) is 0 Å². The van der Waals surface area contributed by atoms with Crippen molar-refractivity contribution in [3.8, 4) is 0 Å². The SMILES string of the molecule is CC(=O)Nc1ccc(NC(=O)c2cnc3nccnc3c2)cc1. The Morgan fingerprint density at radius 3 is 2.26 bits per heavy atom. The number of fused-ring (bicyclic) bond motifs is 1. The van der Waals surface area contributed by atoms with Crippen molar-refractivity contribution >= 4 is 34.4 Å². The number of hydrogen-bond acceptors (Lipinski definition) is 5. The molecule has 0 aliphatic carbocycles. The molecule has 7 heteroatoms. The first kappa shape index (κ1) is 14.6. The summed E-state index contributed by atoms with van der Waals surface area (Å²) in [4.78, 5) is 35.5. The zero-order valence-electron chi connectivity index (χ0n) is 12.3. The minimum atomic E-state index is -0.294. The van der Waals surface area contributed by atoms with Gasteiger partial charge < -0.3 is 10.6 Å². The fourth-order valence-corrected chi connectivity index (χ4v) is 2.03. The van der Waals surface area contributed by atoms with Crippen LogP contribution >= 0.6 is 0 Å². The van der Waals surface area contributed by atoms with E-state index < -0.39 is 0 Å². The second-order valence-corrected chi connectivity index (χ2v) is 4.84. The molecule has 0 aliphatic heterocycles. The summed E-state index contributed by atoms with van der Waals surface area (Å²) < 4.78 is 0. The average molecular weight is 307 g/mol. The molecule has 0 spiro atoms. The maximum absolute atomic E-state index is 12.3. The topological polar surface area (TPSA) is 96.9 Å². The molecule has 2 amide bonds. The highest BCUT2D eigenvalue weighted by Gasteiger charge is 2.09. The van der Waals surface area contributed by atoms with Gasteiger partial charge in [-0.05, 0) is 30.3 Å². The minimum absolute atomic E-state index is 0.148. The van der Waals surface area contributed by atoms with Gasteiger partial charge >= 0.3 is 0 Å². The highest BCUT2D eigenvalue weighted by Crippen LogP contribution is 2.15. The van der Waals surface area contributed by atoms with Gasteiger partial charge in [0.25, 0.3) is 5.91 Å². The molecule has 0 bridgehead atoms. The predicted octanol–water partition coefficient (Wildman–Crippen LogP) is 2.24. The molecular formula is C16H13N5O2. The molecule has 2 heterocycles. The lowest BCUT2D eigenvalue weighted by atomic mass is 10.2. The van der Waals surface area contributed by atoms with Crippen molar-refractivity contribution in [2.75, 3.05) is 10.6 Å². The fraction of sp³-hybridized carbons (Fsp3) is 0.0625. The van der Waals surface area contributed by atoms with E-state index in [9.17, 15) is 9.59 Å². The monoisotopic (exact) mass is 307 g/mol. The lowest BCUT2D eigenvalue weighted by molar-refractivity contribution is -0.114. The van der Waals surface area contributed by atoms with Crippen molar-refractivity contribution in [1.29, 1.82) is 0 Å². The number of hydrogen-bond donors (Lipinski definition) is 2. The third-order valence-electron chi connectivity index (χ3n) is 3.05. The van der Waals surface area contributed by atoms with E-state index in [1.807, 2.05) is 0 Å². The molecule has 0 atom stereocenters. The molecule has 0 saturated heterocycles. The molecule has 2 aromatic heterocycles. The number of carbonyl (C=O) groups is 2. The third-order valence-corrected chi connectivity index (χ3v) is 3.05. The van der Waals surface area contributed by atoms with Crippen LogP contribution in [0.3, 0.4) is 0 Å². The molecule has 0 unspecified atom stereocenters. The van der Waals surface area contributed by atoms with Gasteiger partial charge in [-0.3, -0.25) is 14.6 Å². The van der Waals surface area contributed by atoms with Gasteiger partial charge in [0.1, 0.15) is 5.52 Å². The number of nitrogens with one attached hydrogen (secondary N) is 2. The third kappa shape index (κ3) is 3.46. The van der Waals surface area contributed by atoms with E-state index in [0.29, 0.717) is 28.1 Å². The largest absolute Gasteiger partial charge is 0.326 e. The maximum Gasteiger partial charge on any atom is 0.257 e. The molecule has 0 saturated carbocycles. The number of carbonyl (C=O) groups excluding carboxylic acids is 2. The van der Waals surface area contributed by atoms with Crippen molar-refractivity contribution in [1.82, 2.24) is 15.0 Å². The van der Waals surface area contributed by atoms with Gasteiger partial charge in [-0.1, -0.05) is 0 Å². The van der Waals surface area contributed by atoms with Crippen molar-refractivity contribution < 1.29 is 9.59 Å². The lowest BCUT2D eigenvalue weighted by Gasteiger charge is -2.07. The van der Waals surface area contributed by atoms with Gasteiger partial charge in [-0.2, -0.15) is 0 Å². The molecular weight excluding hydrogens is 294 g/mol. The number of nitrogens with zero attached hydrogens (tertiary/aromatic N) is 3. The Bertz CT molecular complexity index is 877. The van der Waals surface area contributed by atoms with Crippen molar-refractivity contribution in [2.45, 2.75) is 6.92 Å². The Hall–Kier alpha value is -3.35. The molecule has 7 nitrogen and oxygen atoms in total. The molecule has 3 aromatic rings. The van der Waals surface area contributed by atoms with Crippen LogP contribution in [0.25, 0.3) is 11.2 Å². The summed E-state index contributed by atoms with van der Waals surface area (Å²) in [6.07, 6.45) is 4.55. The van der Waals surface area contributed by atoms with Gasteiger partial charge in [-0.25, -0.2) is 9.97 Å². The Kier molecular flexibility index (Phi) is 3.92. The van der Waals surface area contributed by atoms with E-state index in [4.69, 9.17) is 0 Å². The summed E-state index contributed by atoms with van der Waals surface area (Å²) in [5.41, 5.74) is 2.72. The quantitative estimate of drug-likeness (QED) is 0.773. The summed E-state index contributed by atoms with van der Waals surface area (Å²) >= 11 is 0. The van der Waals surface area contributed by atoms with Crippen LogP contribution in [-0.4, -0.2) is 26.8 Å². The van der Waals surface area contributed by atoms with E-state index in [1.54, 1.807) is 42.7 Å². The number of aromatic nitrogens is 3. The number of anilines is 2. The van der Waals surface area contributed by atoms with E-state index >= 15 is 0 Å². The van der Waals surface area contributed by atoms with Crippen molar-refractivity contribution in [3.05, 3.63) is 54.5 Å². The highest BCUT2D eigenvalue weighted by atomic mass is 16.2. The maximum atomic E-state index is 12.3. The zero-order valence-corrected chi connectivity index (χ0v) is 12.3. The number of rotatable bonds is 3. The predicted molar refractivity (Wildman–Crippen MR) is 86.0 cm³/mol. The van der Waals surface area contributed by atoms with Crippen LogP contribution in [0.5, 0.6) is 0 Å². The van der Waals surface area contributed by atoms with Gasteiger partial charge in [-0.15, -0.1) is 0 Å². The lowest BCUT2D eigenvalue weighted by Crippen LogP contribution is -2.12. The Balaban J connectivity index is 1.76. The number of benzene rings is 1. The molecule has 2 N–H and O–H groups in total. The summed E-state index contributed by atoms with van der Waals surface area (Å²) in [5.74, 6) is -0.442. The van der Waals surface area contributed by atoms with Crippen molar-refractivity contribution in [2.24, 2.45) is 0 Å². The van der Waals surface area contributed by atoms with Crippen LogP contribution in [0.4, 0.5) is 11.4 Å². The first-order valence-corrected chi connectivity index (χ1v) is 6.87. The van der Waals surface area contributed by atoms with Crippen LogP contribution < -0.4 is 10.6 Å². The Morgan fingerprint density at radius 1 is 0.913 bits per heavy atom. The second-order valence-electron chi connectivity index (χ2n) is 4.84. The first-order valence-electron chi connectivity index (χ1n) is 6.87. The zero-order chi connectivity index (χ0) is 16.2. The van der Waals surface area contributed by atoms with E-state index in [-0.39, 0.29) is 11.8 Å². The summed E-state index contributed by atoms with van der Waals surface area (Å²) in [7, 11) is 0. The van der Waals surface area contributed by atoms with Crippen LogP contribution in [0.1, 0.15) is 17.3 Å². The van der Waals surface area contributed by atoms with Gasteiger partial charge in [0.2, 0.25) is 5.91 Å². The Morgan fingerprint density at radius 2 is 1.57 bits per heavy atom. The normalized spacial score (nSPS) is 10.3. The fourth-order valence-electron chi connectivity index (χ4n) is 2.03. The molecule has 1 aromatic carbocycles. The molecule has 0 aliphatic rings. The van der Waals surface area contributed by atoms with E-state index in [2.05, 4.69) is 25.6 Å². The summed E-state index contributed by atoms with van der Waals surface area (Å²) in [5, 5.41) is 5.42. The summed E-state index contributed by atoms with van der Waals surface area (Å²) in [6, 6.07) is 8.47. The standard InChI is InChI=1S/C16H13N5O2/c1-10(22)20-12-2-4-13(5-3-12)21-16(23)11-8-14-15(19-9-11)18-7-6-17-14/h2-9H,1H3,(H,20,22)(H,21,23). The smallest absolute Gasteiger partial charge is 0.257 e. The molecule has 114 valence electrons. The van der Waals surface area contributed by atoms with Gasteiger partial charge in [0.05, 0.1) is 5.56 Å². The van der Waals surface area contributed by atoms with Crippen LogP contribution in [-0.2, 0) is 4.79 Å². The number of amides is 2. The van der Waals surface area contributed by atoms with Gasteiger partial charge in [0.15, 0.2) is 5.65 Å². The molecule has 3 rings (SSSR count). The molecule has 0 radical (unpaired) electrons. The second kappa shape index (κ2) is 6.18. The van der Waals surface area contributed by atoms with Crippen LogP contribution in [0.15, 0.2) is 48.9 Å².